The maximum absolute atomic E-state index is 2.31. The monoisotopic (exact) mass is 190 g/mol. The summed E-state index contributed by atoms with van der Waals surface area (Å²) >= 11 is 0. The molecule has 0 aliphatic carbocycles. The van der Waals surface area contributed by atoms with E-state index in [1.807, 2.05) is 0 Å². The van der Waals surface area contributed by atoms with Crippen LogP contribution < -0.4 is 0 Å². The van der Waals surface area contributed by atoms with Crippen molar-refractivity contribution >= 4 is 0 Å². The van der Waals surface area contributed by atoms with Crippen LogP contribution >= 0.6 is 0 Å². The summed E-state index contributed by atoms with van der Waals surface area (Å²) in [6.45, 7) is 4.58. The highest BCUT2D eigenvalue weighted by Gasteiger charge is 2.06. The Balaban J connectivity index is 2.40. The summed E-state index contributed by atoms with van der Waals surface area (Å²) in [4.78, 5) is 0. The van der Waals surface area contributed by atoms with Crippen molar-refractivity contribution in [1.82, 2.24) is 0 Å². The molecule has 0 aliphatic rings. The van der Waals surface area contributed by atoms with Crippen molar-refractivity contribution in [1.29, 1.82) is 0 Å². The molecule has 78 valence electrons. The Morgan fingerprint density at radius 1 is 1.07 bits per heavy atom. The van der Waals surface area contributed by atoms with Crippen molar-refractivity contribution in [2.45, 2.75) is 46.0 Å². The second-order valence-electron chi connectivity index (χ2n) is 4.11. The van der Waals surface area contributed by atoms with E-state index >= 15 is 0 Å². The summed E-state index contributed by atoms with van der Waals surface area (Å²) in [5.41, 5.74) is 1.50. The molecule has 0 saturated carbocycles. The Kier molecular flexibility index (Phi) is 5.36. The van der Waals surface area contributed by atoms with Gasteiger partial charge in [0.1, 0.15) is 0 Å². The first-order valence-electron chi connectivity index (χ1n) is 5.90. The second kappa shape index (κ2) is 6.64. The van der Waals surface area contributed by atoms with Gasteiger partial charge in [-0.3, -0.25) is 0 Å². The first kappa shape index (κ1) is 11.3. The van der Waals surface area contributed by atoms with Crippen molar-refractivity contribution in [2.75, 3.05) is 0 Å². The molecule has 0 radical (unpaired) electrons. The standard InChI is InChI=1S/C14H22/c1-3-5-9-13(4-2)12-14-10-7-6-8-11-14/h6-8,10-11,13H,3-5,9,12H2,1-2H3/t13-/m1/s1. The maximum atomic E-state index is 2.31. The van der Waals surface area contributed by atoms with Gasteiger partial charge >= 0.3 is 0 Å². The number of rotatable bonds is 6. The Bertz CT molecular complexity index is 225. The average Bonchev–Trinajstić information content (AvgIpc) is 2.25. The van der Waals surface area contributed by atoms with Crippen molar-refractivity contribution < 1.29 is 0 Å². The van der Waals surface area contributed by atoms with Gasteiger partial charge in [0.2, 0.25) is 0 Å². The van der Waals surface area contributed by atoms with Gasteiger partial charge in [0.15, 0.2) is 0 Å². The van der Waals surface area contributed by atoms with Gasteiger partial charge in [-0.25, -0.2) is 0 Å². The van der Waals surface area contributed by atoms with Crippen molar-refractivity contribution in [3.05, 3.63) is 35.9 Å². The van der Waals surface area contributed by atoms with Crippen LogP contribution in [-0.4, -0.2) is 0 Å². The van der Waals surface area contributed by atoms with E-state index in [0.717, 1.165) is 5.92 Å². The molecule has 0 spiro atoms. The topological polar surface area (TPSA) is 0 Å². The molecule has 0 amide bonds. The van der Waals surface area contributed by atoms with Crippen LogP contribution in [0.15, 0.2) is 30.3 Å². The van der Waals surface area contributed by atoms with Gasteiger partial charge in [-0.1, -0.05) is 69.9 Å². The van der Waals surface area contributed by atoms with E-state index in [4.69, 9.17) is 0 Å². The smallest absolute Gasteiger partial charge is 0.0250 e. The second-order valence-corrected chi connectivity index (χ2v) is 4.11. The van der Waals surface area contributed by atoms with Gasteiger partial charge in [0.05, 0.1) is 0 Å². The minimum Gasteiger partial charge on any atom is -0.0654 e. The lowest BCUT2D eigenvalue weighted by molar-refractivity contribution is 0.449. The summed E-state index contributed by atoms with van der Waals surface area (Å²) in [5, 5.41) is 0. The van der Waals surface area contributed by atoms with Crippen LogP contribution in [0.2, 0.25) is 0 Å². The Morgan fingerprint density at radius 2 is 1.79 bits per heavy atom. The molecule has 1 aromatic carbocycles. The SMILES string of the molecule is CCCC[C@@H](CC)Cc1ccccc1. The lowest BCUT2D eigenvalue weighted by atomic mass is 9.92. The van der Waals surface area contributed by atoms with Gasteiger partial charge in [-0.2, -0.15) is 0 Å². The third-order valence-electron chi connectivity index (χ3n) is 2.91. The van der Waals surface area contributed by atoms with Crippen LogP contribution in [-0.2, 0) is 6.42 Å². The molecular formula is C14H22. The van der Waals surface area contributed by atoms with E-state index in [2.05, 4.69) is 44.2 Å². The first-order chi connectivity index (χ1) is 6.86. The number of benzene rings is 1. The summed E-state index contributed by atoms with van der Waals surface area (Å²) in [6, 6.07) is 10.9. The van der Waals surface area contributed by atoms with Crippen molar-refractivity contribution in [3.8, 4) is 0 Å². The average molecular weight is 190 g/mol. The van der Waals surface area contributed by atoms with Gasteiger partial charge in [0.25, 0.3) is 0 Å². The van der Waals surface area contributed by atoms with Gasteiger partial charge in [-0.15, -0.1) is 0 Å². The van der Waals surface area contributed by atoms with E-state index in [-0.39, 0.29) is 0 Å². The quantitative estimate of drug-likeness (QED) is 0.622. The van der Waals surface area contributed by atoms with Crippen LogP contribution in [0.4, 0.5) is 0 Å². The van der Waals surface area contributed by atoms with Crippen LogP contribution in [0, 0.1) is 5.92 Å². The van der Waals surface area contributed by atoms with E-state index in [1.165, 1.54) is 37.7 Å². The minimum absolute atomic E-state index is 0.886. The number of hydrogen-bond donors (Lipinski definition) is 0. The third-order valence-corrected chi connectivity index (χ3v) is 2.91. The van der Waals surface area contributed by atoms with Crippen LogP contribution in [0.25, 0.3) is 0 Å². The molecule has 0 heteroatoms. The van der Waals surface area contributed by atoms with Gasteiger partial charge in [0, 0.05) is 0 Å². The Labute approximate surface area is 88.4 Å². The molecule has 0 fully saturated rings. The van der Waals surface area contributed by atoms with E-state index in [9.17, 15) is 0 Å². The number of hydrogen-bond acceptors (Lipinski definition) is 0. The molecule has 1 atom stereocenters. The minimum atomic E-state index is 0.886. The summed E-state index contributed by atoms with van der Waals surface area (Å²) in [6.07, 6.45) is 6.67. The van der Waals surface area contributed by atoms with Crippen molar-refractivity contribution in [3.63, 3.8) is 0 Å². The highest BCUT2D eigenvalue weighted by molar-refractivity contribution is 5.15. The highest BCUT2D eigenvalue weighted by Crippen LogP contribution is 2.18. The maximum Gasteiger partial charge on any atom is -0.0250 e. The first-order valence-corrected chi connectivity index (χ1v) is 5.90. The Hall–Kier alpha value is -0.780. The van der Waals surface area contributed by atoms with Crippen LogP contribution in [0.3, 0.4) is 0 Å². The predicted octanol–water partition coefficient (Wildman–Crippen LogP) is 4.45. The molecule has 0 bridgehead atoms. The molecule has 0 nitrogen and oxygen atoms in total. The fraction of sp³-hybridized carbons (Fsp3) is 0.571. The molecule has 14 heavy (non-hydrogen) atoms. The zero-order valence-corrected chi connectivity index (χ0v) is 9.50. The van der Waals surface area contributed by atoms with E-state index in [0.29, 0.717) is 0 Å². The molecule has 0 heterocycles. The van der Waals surface area contributed by atoms with Crippen molar-refractivity contribution in [2.24, 2.45) is 5.92 Å². The highest BCUT2D eigenvalue weighted by atomic mass is 14.1. The van der Waals surface area contributed by atoms with Crippen LogP contribution in [0.1, 0.15) is 45.1 Å². The summed E-state index contributed by atoms with van der Waals surface area (Å²) < 4.78 is 0. The predicted molar refractivity (Wildman–Crippen MR) is 63.5 cm³/mol. The third kappa shape index (κ3) is 3.95. The lowest BCUT2D eigenvalue weighted by Gasteiger charge is -2.13. The fourth-order valence-electron chi connectivity index (χ4n) is 1.89. The molecule has 1 rings (SSSR count). The molecular weight excluding hydrogens is 168 g/mol. The number of unbranched alkanes of at least 4 members (excludes halogenated alkanes) is 1. The zero-order valence-electron chi connectivity index (χ0n) is 9.50. The fourth-order valence-corrected chi connectivity index (χ4v) is 1.89. The van der Waals surface area contributed by atoms with Gasteiger partial charge in [-0.05, 0) is 17.9 Å². The molecule has 0 N–H and O–H groups in total. The molecule has 0 aliphatic heterocycles. The zero-order chi connectivity index (χ0) is 10.2. The largest absolute Gasteiger partial charge is 0.0654 e. The molecule has 1 aromatic rings. The Morgan fingerprint density at radius 3 is 2.36 bits per heavy atom. The molecule has 0 aromatic heterocycles. The summed E-state index contributed by atoms with van der Waals surface area (Å²) in [7, 11) is 0. The van der Waals surface area contributed by atoms with Gasteiger partial charge < -0.3 is 0 Å². The molecule has 0 saturated heterocycles. The van der Waals surface area contributed by atoms with E-state index in [1.54, 1.807) is 0 Å². The molecule has 0 unspecified atom stereocenters. The lowest BCUT2D eigenvalue weighted by Crippen LogP contribution is -2.03. The van der Waals surface area contributed by atoms with Crippen LogP contribution in [0.5, 0.6) is 0 Å². The summed E-state index contributed by atoms with van der Waals surface area (Å²) in [5.74, 6) is 0.886. The van der Waals surface area contributed by atoms with E-state index < -0.39 is 0 Å². The normalized spacial score (nSPS) is 12.7.